The molecule has 2 amide bonds. The molecule has 0 spiro atoms. The van der Waals surface area contributed by atoms with Gasteiger partial charge in [-0.15, -0.1) is 0 Å². The molecule has 3 rings (SSSR count). The lowest BCUT2D eigenvalue weighted by molar-refractivity contribution is -0.148. The first-order valence-electron chi connectivity index (χ1n) is 11.9. The fourth-order valence-corrected chi connectivity index (χ4v) is 4.32. The molecular weight excluding hydrogens is 432 g/mol. The average molecular weight is 467 g/mol. The van der Waals surface area contributed by atoms with Gasteiger partial charge in [0, 0.05) is 24.9 Å². The zero-order valence-corrected chi connectivity index (χ0v) is 20.1. The normalized spacial score (nSPS) is 14.9. The minimum Gasteiger partial charge on any atom is -0.481 e. The first-order valence-corrected chi connectivity index (χ1v) is 11.9. The van der Waals surface area contributed by atoms with Crippen molar-refractivity contribution < 1.29 is 24.2 Å². The van der Waals surface area contributed by atoms with Crippen molar-refractivity contribution in [3.05, 3.63) is 59.7 Å². The van der Waals surface area contributed by atoms with Crippen LogP contribution in [0.15, 0.2) is 48.5 Å². The summed E-state index contributed by atoms with van der Waals surface area (Å²) in [7, 11) is 0. The summed E-state index contributed by atoms with van der Waals surface area (Å²) in [6, 6.07) is 15.9. The number of alkyl carbamates (subject to hydrolysis) is 1. The number of ether oxygens (including phenoxy) is 1. The van der Waals surface area contributed by atoms with Crippen molar-refractivity contribution in [1.82, 2.24) is 10.6 Å². The Bertz CT molecular complexity index is 992. The lowest BCUT2D eigenvalue weighted by Crippen LogP contribution is -2.44. The zero-order chi connectivity index (χ0) is 24.7. The van der Waals surface area contributed by atoms with E-state index in [1.165, 1.54) is 0 Å². The Balaban J connectivity index is 1.56. The van der Waals surface area contributed by atoms with Gasteiger partial charge in [-0.3, -0.25) is 9.59 Å². The third kappa shape index (κ3) is 5.76. The molecular formula is C27H34N2O5. The fraction of sp³-hybridized carbons (Fsp3) is 0.444. The van der Waals surface area contributed by atoms with Crippen LogP contribution in [0.2, 0.25) is 0 Å². The van der Waals surface area contributed by atoms with Gasteiger partial charge in [0.1, 0.15) is 6.61 Å². The van der Waals surface area contributed by atoms with Crippen LogP contribution in [0, 0.1) is 5.41 Å². The lowest BCUT2D eigenvalue weighted by atomic mass is 9.87. The largest absolute Gasteiger partial charge is 0.481 e. The smallest absolute Gasteiger partial charge is 0.407 e. The minimum atomic E-state index is -1.02. The van der Waals surface area contributed by atoms with Crippen LogP contribution in [-0.2, 0) is 14.3 Å². The molecule has 0 radical (unpaired) electrons. The van der Waals surface area contributed by atoms with Crippen molar-refractivity contribution in [3.8, 4) is 11.1 Å². The van der Waals surface area contributed by atoms with Gasteiger partial charge in [0.25, 0.3) is 0 Å². The Morgan fingerprint density at radius 3 is 2.15 bits per heavy atom. The van der Waals surface area contributed by atoms with Gasteiger partial charge in [0.15, 0.2) is 0 Å². The second-order valence-corrected chi connectivity index (χ2v) is 9.16. The molecule has 1 aliphatic carbocycles. The summed E-state index contributed by atoms with van der Waals surface area (Å²) in [6.07, 6.45) is 1.30. The maximum atomic E-state index is 12.6. The number of benzene rings is 2. The van der Waals surface area contributed by atoms with Gasteiger partial charge < -0.3 is 20.5 Å². The van der Waals surface area contributed by atoms with Crippen LogP contribution in [0.4, 0.5) is 4.79 Å². The van der Waals surface area contributed by atoms with Gasteiger partial charge in [-0.2, -0.15) is 0 Å². The zero-order valence-electron chi connectivity index (χ0n) is 20.1. The molecule has 3 N–H and O–H groups in total. The Morgan fingerprint density at radius 2 is 1.62 bits per heavy atom. The van der Waals surface area contributed by atoms with E-state index in [2.05, 4.69) is 34.9 Å². The molecule has 1 aliphatic rings. The van der Waals surface area contributed by atoms with Crippen LogP contribution in [0.1, 0.15) is 63.5 Å². The third-order valence-electron chi connectivity index (χ3n) is 6.71. The number of hydrogen-bond acceptors (Lipinski definition) is 4. The Hall–Kier alpha value is -3.35. The van der Waals surface area contributed by atoms with Gasteiger partial charge in [0.2, 0.25) is 5.91 Å². The first kappa shape index (κ1) is 25.3. The monoisotopic (exact) mass is 466 g/mol. The van der Waals surface area contributed by atoms with E-state index in [0.29, 0.717) is 12.8 Å². The van der Waals surface area contributed by atoms with Crippen LogP contribution in [-0.4, -0.2) is 42.3 Å². The maximum absolute atomic E-state index is 12.6. The van der Waals surface area contributed by atoms with Crippen LogP contribution >= 0.6 is 0 Å². The molecule has 2 aromatic carbocycles. The topological polar surface area (TPSA) is 105 Å². The van der Waals surface area contributed by atoms with Gasteiger partial charge in [0.05, 0.1) is 5.41 Å². The van der Waals surface area contributed by atoms with Gasteiger partial charge in [-0.1, -0.05) is 68.8 Å². The van der Waals surface area contributed by atoms with Crippen molar-refractivity contribution in [1.29, 1.82) is 0 Å². The van der Waals surface area contributed by atoms with Crippen LogP contribution in [0.5, 0.6) is 0 Å². The van der Waals surface area contributed by atoms with E-state index in [0.717, 1.165) is 28.7 Å². The number of carbonyl (C=O) groups is 3. The van der Waals surface area contributed by atoms with Crippen molar-refractivity contribution in [2.75, 3.05) is 13.2 Å². The molecule has 0 saturated carbocycles. The number of fused-ring (bicyclic) bond motifs is 3. The second kappa shape index (κ2) is 11.2. The first-order chi connectivity index (χ1) is 16.3. The molecule has 7 heteroatoms. The fourth-order valence-electron chi connectivity index (χ4n) is 4.32. The number of nitrogens with one attached hydrogen (secondary N) is 2. The van der Waals surface area contributed by atoms with E-state index in [4.69, 9.17) is 4.74 Å². The summed E-state index contributed by atoms with van der Waals surface area (Å²) in [4.78, 5) is 36.5. The highest BCUT2D eigenvalue weighted by Gasteiger charge is 2.32. The molecule has 182 valence electrons. The number of amides is 2. The molecule has 0 fully saturated rings. The number of carbonyl (C=O) groups excluding carboxylic acids is 2. The van der Waals surface area contributed by atoms with Gasteiger partial charge in [-0.05, 0) is 42.0 Å². The number of hydrogen-bond donors (Lipinski definition) is 3. The van der Waals surface area contributed by atoms with Crippen LogP contribution in [0.25, 0.3) is 11.1 Å². The highest BCUT2D eigenvalue weighted by atomic mass is 16.5. The van der Waals surface area contributed by atoms with Gasteiger partial charge >= 0.3 is 12.1 Å². The predicted octanol–water partition coefficient (Wildman–Crippen LogP) is 4.70. The standard InChI is InChI=1S/C27H34N2O5/c1-4-10-18(15-24(30)28-17-27(3,5-2)25(31)32)29-26(33)34-16-23-21-13-8-6-11-19(21)20-12-7-9-14-22(20)23/h6-9,11-14,18,23H,4-5,10,15-17H2,1-3H3,(H,28,30)(H,29,33)(H,31,32). The van der Waals surface area contributed by atoms with E-state index in [-0.39, 0.29) is 31.4 Å². The molecule has 0 saturated heterocycles. The Labute approximate surface area is 200 Å². The summed E-state index contributed by atoms with van der Waals surface area (Å²) in [6.45, 7) is 5.61. The Kier molecular flexibility index (Phi) is 8.31. The molecule has 34 heavy (non-hydrogen) atoms. The molecule has 2 aromatic rings. The van der Waals surface area contributed by atoms with E-state index in [1.807, 2.05) is 31.2 Å². The molecule has 2 atom stereocenters. The number of carboxylic acids is 1. The molecule has 0 aromatic heterocycles. The summed E-state index contributed by atoms with van der Waals surface area (Å²) < 4.78 is 5.60. The Morgan fingerprint density at radius 1 is 1.03 bits per heavy atom. The second-order valence-electron chi connectivity index (χ2n) is 9.16. The third-order valence-corrected chi connectivity index (χ3v) is 6.71. The predicted molar refractivity (Wildman–Crippen MR) is 131 cm³/mol. The van der Waals surface area contributed by atoms with E-state index < -0.39 is 23.5 Å². The number of carboxylic acid groups (broad SMARTS) is 1. The summed E-state index contributed by atoms with van der Waals surface area (Å²) >= 11 is 0. The highest BCUT2D eigenvalue weighted by Crippen LogP contribution is 2.44. The SMILES string of the molecule is CCCC(CC(=O)NCC(C)(CC)C(=O)O)NC(=O)OCC1c2ccccc2-c2ccccc21. The molecule has 0 aliphatic heterocycles. The number of rotatable bonds is 11. The highest BCUT2D eigenvalue weighted by molar-refractivity contribution is 5.80. The van der Waals surface area contributed by atoms with Crippen molar-refractivity contribution in [3.63, 3.8) is 0 Å². The minimum absolute atomic E-state index is 0.0335. The quantitative estimate of drug-likeness (QED) is 0.445. The van der Waals surface area contributed by atoms with Crippen molar-refractivity contribution in [2.45, 2.75) is 58.4 Å². The maximum Gasteiger partial charge on any atom is 0.407 e. The summed E-state index contributed by atoms with van der Waals surface area (Å²) in [5, 5.41) is 14.9. The van der Waals surface area contributed by atoms with Gasteiger partial charge in [-0.25, -0.2) is 4.79 Å². The van der Waals surface area contributed by atoms with Crippen LogP contribution in [0.3, 0.4) is 0 Å². The number of aliphatic carboxylic acids is 1. The molecule has 0 bridgehead atoms. The summed E-state index contributed by atoms with van der Waals surface area (Å²) in [5.41, 5.74) is 3.58. The summed E-state index contributed by atoms with van der Waals surface area (Å²) in [5.74, 6) is -1.27. The van der Waals surface area contributed by atoms with Crippen LogP contribution < -0.4 is 10.6 Å². The van der Waals surface area contributed by atoms with Crippen molar-refractivity contribution >= 4 is 18.0 Å². The van der Waals surface area contributed by atoms with E-state index in [9.17, 15) is 19.5 Å². The average Bonchev–Trinajstić information content (AvgIpc) is 3.15. The van der Waals surface area contributed by atoms with E-state index >= 15 is 0 Å². The van der Waals surface area contributed by atoms with E-state index in [1.54, 1.807) is 13.8 Å². The molecule has 2 unspecified atom stereocenters. The lowest BCUT2D eigenvalue weighted by Gasteiger charge is -2.24. The molecule has 7 nitrogen and oxygen atoms in total. The molecule has 0 heterocycles. The van der Waals surface area contributed by atoms with Crippen molar-refractivity contribution in [2.24, 2.45) is 5.41 Å².